The number of amides is 1. The highest BCUT2D eigenvalue weighted by atomic mass is 32.1. The molecule has 1 amide bonds. The second-order valence-electron chi connectivity index (χ2n) is 3.98. The van der Waals surface area contributed by atoms with E-state index in [0.29, 0.717) is 16.1 Å². The summed E-state index contributed by atoms with van der Waals surface area (Å²) >= 11 is 1.31. The topological polar surface area (TPSA) is 58.1 Å². The van der Waals surface area contributed by atoms with E-state index in [2.05, 4.69) is 22.4 Å². The summed E-state index contributed by atoms with van der Waals surface area (Å²) < 4.78 is 0. The number of carbonyl (C=O) groups is 1. The minimum Gasteiger partial charge on any atom is -0.363 e. The highest BCUT2D eigenvalue weighted by molar-refractivity contribution is 7.17. The Bertz CT molecular complexity index is 379. The van der Waals surface area contributed by atoms with Crippen molar-refractivity contribution >= 4 is 22.4 Å². The smallest absolute Gasteiger partial charge is 0.284 e. The maximum Gasteiger partial charge on any atom is 0.284 e. The summed E-state index contributed by atoms with van der Waals surface area (Å²) in [5.41, 5.74) is 0. The van der Waals surface area contributed by atoms with Crippen LogP contribution in [-0.2, 0) is 0 Å². The zero-order chi connectivity index (χ0) is 11.5. The lowest BCUT2D eigenvalue weighted by Gasteiger charge is -2.13. The molecule has 1 aliphatic heterocycles. The molecule has 1 saturated heterocycles. The fourth-order valence-corrected chi connectivity index (χ4v) is 2.56. The second kappa shape index (κ2) is 4.78. The molecular formula is C10H16N4OS. The molecule has 0 aliphatic carbocycles. The zero-order valence-corrected chi connectivity index (χ0v) is 10.4. The van der Waals surface area contributed by atoms with Crippen LogP contribution in [0.4, 0.5) is 5.13 Å². The molecule has 1 aromatic rings. The summed E-state index contributed by atoms with van der Waals surface area (Å²) in [7, 11) is 1.78. The number of nitrogens with one attached hydrogen (secondary N) is 1. The van der Waals surface area contributed by atoms with E-state index in [-0.39, 0.29) is 5.91 Å². The number of nitrogens with zero attached hydrogens (tertiary/aromatic N) is 3. The molecule has 0 radical (unpaired) electrons. The summed E-state index contributed by atoms with van der Waals surface area (Å²) in [6, 6.07) is 0. The molecule has 1 aliphatic rings. The molecule has 1 fully saturated rings. The van der Waals surface area contributed by atoms with Gasteiger partial charge in [-0.3, -0.25) is 4.79 Å². The van der Waals surface area contributed by atoms with Gasteiger partial charge in [-0.25, -0.2) is 0 Å². The quantitative estimate of drug-likeness (QED) is 0.869. The summed E-state index contributed by atoms with van der Waals surface area (Å²) in [5, 5.41) is 11.8. The van der Waals surface area contributed by atoms with E-state index in [9.17, 15) is 4.79 Å². The first-order valence-corrected chi connectivity index (χ1v) is 6.36. The van der Waals surface area contributed by atoms with Crippen LogP contribution in [-0.4, -0.2) is 41.1 Å². The molecule has 1 unspecified atom stereocenters. The fraction of sp³-hybridized carbons (Fsp3) is 0.700. The van der Waals surface area contributed by atoms with Crippen LogP contribution in [0.25, 0.3) is 0 Å². The Morgan fingerprint density at radius 1 is 1.62 bits per heavy atom. The normalized spacial score (nSPS) is 20.1. The third kappa shape index (κ3) is 2.16. The molecular weight excluding hydrogens is 224 g/mol. The Hall–Kier alpha value is -1.17. The number of aromatic nitrogens is 2. The lowest BCUT2D eigenvalue weighted by molar-refractivity contribution is 0.0785. The van der Waals surface area contributed by atoms with Gasteiger partial charge in [0.15, 0.2) is 0 Å². The van der Waals surface area contributed by atoms with Gasteiger partial charge in [-0.2, -0.15) is 0 Å². The van der Waals surface area contributed by atoms with Gasteiger partial charge in [-0.05, 0) is 12.3 Å². The first-order chi connectivity index (χ1) is 7.74. The van der Waals surface area contributed by atoms with Crippen LogP contribution in [0.15, 0.2) is 0 Å². The van der Waals surface area contributed by atoms with Crippen LogP contribution in [0.2, 0.25) is 0 Å². The number of hydrogen-bond acceptors (Lipinski definition) is 5. The predicted molar refractivity (Wildman–Crippen MR) is 63.8 cm³/mol. The predicted octanol–water partition coefficient (Wildman–Crippen LogP) is 1.45. The SMILES string of the molecule is CCC1CCN(C(=O)c2nnc(NC)s2)C1. The molecule has 1 atom stereocenters. The van der Waals surface area contributed by atoms with Crippen molar-refractivity contribution in [3.05, 3.63) is 5.01 Å². The van der Waals surface area contributed by atoms with Crippen LogP contribution in [0.3, 0.4) is 0 Å². The summed E-state index contributed by atoms with van der Waals surface area (Å²) in [6.07, 6.45) is 2.25. The van der Waals surface area contributed by atoms with E-state index in [1.54, 1.807) is 7.05 Å². The molecule has 16 heavy (non-hydrogen) atoms. The number of likely N-dealkylation sites (tertiary alicyclic amines) is 1. The Morgan fingerprint density at radius 2 is 2.44 bits per heavy atom. The number of anilines is 1. The standard InChI is InChI=1S/C10H16N4OS/c1-3-7-4-5-14(6-7)9(15)8-12-13-10(11-2)16-8/h7H,3-6H2,1-2H3,(H,11,13). The van der Waals surface area contributed by atoms with Crippen molar-refractivity contribution in [2.45, 2.75) is 19.8 Å². The van der Waals surface area contributed by atoms with E-state index >= 15 is 0 Å². The fourth-order valence-electron chi connectivity index (χ4n) is 1.90. The minimum absolute atomic E-state index is 0.0231. The van der Waals surface area contributed by atoms with Crippen molar-refractivity contribution in [3.63, 3.8) is 0 Å². The largest absolute Gasteiger partial charge is 0.363 e. The molecule has 6 heteroatoms. The summed E-state index contributed by atoms with van der Waals surface area (Å²) in [5.74, 6) is 0.676. The number of carbonyl (C=O) groups excluding carboxylic acids is 1. The van der Waals surface area contributed by atoms with Gasteiger partial charge in [0.1, 0.15) is 0 Å². The second-order valence-corrected chi connectivity index (χ2v) is 4.95. The zero-order valence-electron chi connectivity index (χ0n) is 9.56. The molecule has 1 aromatic heterocycles. The van der Waals surface area contributed by atoms with Gasteiger partial charge in [0, 0.05) is 20.1 Å². The molecule has 1 N–H and O–H groups in total. The van der Waals surface area contributed by atoms with Crippen LogP contribution >= 0.6 is 11.3 Å². The van der Waals surface area contributed by atoms with Gasteiger partial charge in [-0.15, -0.1) is 10.2 Å². The van der Waals surface area contributed by atoms with Gasteiger partial charge in [0.25, 0.3) is 5.91 Å². The highest BCUT2D eigenvalue weighted by Crippen LogP contribution is 2.23. The van der Waals surface area contributed by atoms with Crippen molar-refractivity contribution in [2.75, 3.05) is 25.5 Å². The average Bonchev–Trinajstić information content (AvgIpc) is 2.97. The minimum atomic E-state index is 0.0231. The molecule has 2 heterocycles. The lowest BCUT2D eigenvalue weighted by Crippen LogP contribution is -2.28. The van der Waals surface area contributed by atoms with E-state index in [1.165, 1.54) is 11.3 Å². The maximum atomic E-state index is 12.0. The Balaban J connectivity index is 2.02. The third-order valence-electron chi connectivity index (χ3n) is 2.97. The number of rotatable bonds is 3. The summed E-state index contributed by atoms with van der Waals surface area (Å²) in [4.78, 5) is 13.9. The Labute approximate surface area is 98.9 Å². The summed E-state index contributed by atoms with van der Waals surface area (Å²) in [6.45, 7) is 3.89. The molecule has 0 aromatic carbocycles. The van der Waals surface area contributed by atoms with E-state index in [0.717, 1.165) is 25.9 Å². The van der Waals surface area contributed by atoms with Gasteiger partial charge in [0.2, 0.25) is 10.1 Å². The van der Waals surface area contributed by atoms with Gasteiger partial charge in [-0.1, -0.05) is 24.7 Å². The van der Waals surface area contributed by atoms with E-state index < -0.39 is 0 Å². The monoisotopic (exact) mass is 240 g/mol. The van der Waals surface area contributed by atoms with Gasteiger partial charge < -0.3 is 10.2 Å². The number of hydrogen-bond donors (Lipinski definition) is 1. The third-order valence-corrected chi connectivity index (χ3v) is 3.90. The first kappa shape index (κ1) is 11.3. The van der Waals surface area contributed by atoms with Crippen molar-refractivity contribution < 1.29 is 4.79 Å². The van der Waals surface area contributed by atoms with Crippen LogP contribution in [0, 0.1) is 5.92 Å². The molecule has 88 valence electrons. The van der Waals surface area contributed by atoms with Gasteiger partial charge in [0.05, 0.1) is 0 Å². The lowest BCUT2D eigenvalue weighted by atomic mass is 10.1. The molecule has 0 spiro atoms. The van der Waals surface area contributed by atoms with Crippen LogP contribution in [0.5, 0.6) is 0 Å². The molecule has 5 nitrogen and oxygen atoms in total. The molecule has 0 bridgehead atoms. The highest BCUT2D eigenvalue weighted by Gasteiger charge is 2.27. The maximum absolute atomic E-state index is 12.0. The van der Waals surface area contributed by atoms with Crippen molar-refractivity contribution in [1.29, 1.82) is 0 Å². The Morgan fingerprint density at radius 3 is 3.00 bits per heavy atom. The first-order valence-electron chi connectivity index (χ1n) is 5.55. The van der Waals surface area contributed by atoms with Crippen molar-refractivity contribution in [1.82, 2.24) is 15.1 Å². The Kier molecular flexibility index (Phi) is 3.38. The van der Waals surface area contributed by atoms with Crippen molar-refractivity contribution in [2.24, 2.45) is 5.92 Å². The van der Waals surface area contributed by atoms with E-state index in [1.807, 2.05) is 4.90 Å². The molecule has 2 rings (SSSR count). The molecule has 0 saturated carbocycles. The van der Waals surface area contributed by atoms with E-state index in [4.69, 9.17) is 0 Å². The average molecular weight is 240 g/mol. The van der Waals surface area contributed by atoms with Crippen LogP contribution < -0.4 is 5.32 Å². The van der Waals surface area contributed by atoms with Crippen LogP contribution in [0.1, 0.15) is 29.6 Å². The van der Waals surface area contributed by atoms with Gasteiger partial charge >= 0.3 is 0 Å². The van der Waals surface area contributed by atoms with Crippen molar-refractivity contribution in [3.8, 4) is 0 Å².